The van der Waals surface area contributed by atoms with Crippen molar-refractivity contribution in [1.82, 2.24) is 4.57 Å². The topological polar surface area (TPSA) is 24.6 Å². The molecule has 1 aliphatic heterocycles. The predicted octanol–water partition coefficient (Wildman–Crippen LogP) is 22.5. The summed E-state index contributed by atoms with van der Waals surface area (Å²) in [6.07, 6.45) is 5.91. The average Bonchev–Trinajstić information content (AvgIpc) is 1.61. The van der Waals surface area contributed by atoms with Crippen LogP contribution in [0.2, 0.25) is 0 Å². The highest BCUT2D eigenvalue weighted by molar-refractivity contribution is 7.99. The fourth-order valence-corrected chi connectivity index (χ4v) is 17.5. The number of fused-ring (bicyclic) bond motifs is 18. The number of aromatic nitrogens is 1. The molecule has 4 nitrogen and oxygen atoms in total. The minimum absolute atomic E-state index is 0.289. The maximum absolute atomic E-state index is 6.54. The van der Waals surface area contributed by atoms with E-state index in [0.29, 0.717) is 0 Å². The molecule has 85 heavy (non-hydrogen) atoms. The van der Waals surface area contributed by atoms with E-state index >= 15 is 0 Å². The highest BCUT2D eigenvalue weighted by Crippen LogP contribution is 2.63. The molecule has 3 aliphatic rings. The van der Waals surface area contributed by atoms with Crippen LogP contribution in [-0.2, 0) is 5.41 Å². The quantitative estimate of drug-likeness (QED) is 0.151. The van der Waals surface area contributed by atoms with Crippen LogP contribution in [0.15, 0.2) is 281 Å². The number of para-hydroxylation sites is 4. The maximum atomic E-state index is 6.54. The monoisotopic (exact) mass is 1130 g/mol. The Labute approximate surface area is 501 Å². The Morgan fingerprint density at radius 1 is 0.400 bits per heavy atom. The van der Waals surface area contributed by atoms with Gasteiger partial charge in [-0.3, -0.25) is 0 Å². The molecule has 12 aromatic carbocycles. The van der Waals surface area contributed by atoms with Crippen LogP contribution in [0, 0.1) is 0 Å². The van der Waals surface area contributed by atoms with Crippen LogP contribution in [0.5, 0.6) is 0 Å². The van der Waals surface area contributed by atoms with Gasteiger partial charge in [-0.2, -0.15) is 0 Å². The second kappa shape index (κ2) is 19.2. The number of benzene rings is 12. The van der Waals surface area contributed by atoms with Crippen molar-refractivity contribution in [3.8, 4) is 27.9 Å². The van der Waals surface area contributed by atoms with Crippen LogP contribution in [0.3, 0.4) is 0 Å². The van der Waals surface area contributed by atoms with Crippen molar-refractivity contribution in [2.45, 2.75) is 53.4 Å². The Kier molecular flexibility index (Phi) is 11.1. The lowest BCUT2D eigenvalue weighted by atomic mass is 9.67. The van der Waals surface area contributed by atoms with E-state index < -0.39 is 5.41 Å². The fraction of sp³-hybridized carbons (Fsp3) is 0.0886. The Morgan fingerprint density at radius 2 is 1.02 bits per heavy atom. The Bertz CT molecular complexity index is 5140. The van der Waals surface area contributed by atoms with Gasteiger partial charge in [0.15, 0.2) is 0 Å². The van der Waals surface area contributed by atoms with E-state index in [1.165, 1.54) is 127 Å². The van der Waals surface area contributed by atoms with Crippen molar-refractivity contribution in [1.29, 1.82) is 0 Å². The van der Waals surface area contributed by atoms with Gasteiger partial charge in [0, 0.05) is 87.4 Å². The van der Waals surface area contributed by atoms with Crippen LogP contribution in [0.4, 0.5) is 28.4 Å². The van der Waals surface area contributed by atoms with Crippen LogP contribution < -0.4 is 9.80 Å². The second-order valence-electron chi connectivity index (χ2n) is 23.3. The second-order valence-corrected chi connectivity index (χ2v) is 25.4. The van der Waals surface area contributed by atoms with Gasteiger partial charge in [-0.15, -0.1) is 11.3 Å². The van der Waals surface area contributed by atoms with Gasteiger partial charge < -0.3 is 18.8 Å². The van der Waals surface area contributed by atoms with E-state index in [4.69, 9.17) is 4.42 Å². The standard InChI is InChI=1S/C79H55N3OS2/c1-4-20-52(21-5-1)80(56-38-42-63-62-28-12-17-33-73(62)83-74(63)48-56)57-39-43-64-65-44-51(50-36-40-61-60-27-11-16-32-70(60)82(71(61)45-50)54-24-8-3-9-25-54)46-72(78(65)85-77(64)49-57)81(53-22-6-2-7-23-53)55-37-41-59-58-26-10-13-29-66(58)79(69(59)47-55)67-30-14-18-34-75(67)84-76-35-19-15-31-68(76)79/h1,3-5,8-21,24-49,53H,2,6-7,22-23H2. The first-order valence-electron chi connectivity index (χ1n) is 29.9. The summed E-state index contributed by atoms with van der Waals surface area (Å²) in [7, 11) is 0. The first-order valence-corrected chi connectivity index (χ1v) is 31.5. The molecule has 15 aromatic rings. The van der Waals surface area contributed by atoms with Gasteiger partial charge in [-0.1, -0.05) is 189 Å². The van der Waals surface area contributed by atoms with E-state index in [0.717, 1.165) is 57.5 Å². The van der Waals surface area contributed by atoms with E-state index in [2.05, 4.69) is 275 Å². The molecule has 0 N–H and O–H groups in total. The average molecular weight is 1130 g/mol. The smallest absolute Gasteiger partial charge is 0.137 e. The molecule has 0 amide bonds. The minimum Gasteiger partial charge on any atom is -0.456 e. The van der Waals surface area contributed by atoms with Gasteiger partial charge in [0.05, 0.1) is 26.8 Å². The summed E-state index contributed by atoms with van der Waals surface area (Å²) in [4.78, 5) is 7.84. The first-order chi connectivity index (χ1) is 42.1. The largest absolute Gasteiger partial charge is 0.456 e. The zero-order valence-electron chi connectivity index (χ0n) is 46.6. The van der Waals surface area contributed by atoms with Gasteiger partial charge in [-0.05, 0) is 160 Å². The van der Waals surface area contributed by atoms with E-state index in [9.17, 15) is 0 Å². The number of furan rings is 1. The first kappa shape index (κ1) is 48.9. The third-order valence-corrected chi connectivity index (χ3v) is 21.1. The molecule has 6 heteroatoms. The Morgan fingerprint density at radius 3 is 1.84 bits per heavy atom. The van der Waals surface area contributed by atoms with Crippen molar-refractivity contribution >= 4 is 115 Å². The third-order valence-electron chi connectivity index (χ3n) is 18.8. The molecule has 0 unspecified atom stereocenters. The molecule has 0 saturated heterocycles. The van der Waals surface area contributed by atoms with Crippen LogP contribution in [0.1, 0.15) is 54.4 Å². The summed E-state index contributed by atoms with van der Waals surface area (Å²) < 4.78 is 11.5. The molecular formula is C79H55N3OS2. The molecule has 3 aromatic heterocycles. The molecule has 4 heterocycles. The molecule has 0 radical (unpaired) electrons. The van der Waals surface area contributed by atoms with Gasteiger partial charge in [0.25, 0.3) is 0 Å². The number of hydrogen-bond donors (Lipinski definition) is 0. The van der Waals surface area contributed by atoms with Crippen LogP contribution in [-0.4, -0.2) is 10.6 Å². The summed E-state index contributed by atoms with van der Waals surface area (Å²) in [6.45, 7) is 0. The molecule has 2 aliphatic carbocycles. The van der Waals surface area contributed by atoms with Crippen molar-refractivity contribution in [3.05, 3.63) is 289 Å². The molecule has 18 rings (SSSR count). The number of anilines is 5. The number of nitrogens with zero attached hydrogens (tertiary/aromatic N) is 3. The van der Waals surface area contributed by atoms with Gasteiger partial charge >= 0.3 is 0 Å². The molecule has 1 saturated carbocycles. The summed E-state index contributed by atoms with van der Waals surface area (Å²) in [5.41, 5.74) is 21.1. The highest BCUT2D eigenvalue weighted by Gasteiger charge is 2.50. The lowest BCUT2D eigenvalue weighted by molar-refractivity contribution is 0.436. The minimum atomic E-state index is -0.490. The molecule has 0 atom stereocenters. The van der Waals surface area contributed by atoms with E-state index in [1.807, 2.05) is 29.2 Å². The summed E-state index contributed by atoms with van der Waals surface area (Å²) in [5.74, 6) is 0. The van der Waals surface area contributed by atoms with Crippen molar-refractivity contribution < 1.29 is 4.42 Å². The molecular weight excluding hydrogens is 1070 g/mol. The summed E-state index contributed by atoms with van der Waals surface area (Å²) in [5, 5.41) is 7.29. The molecule has 1 spiro atoms. The zero-order valence-corrected chi connectivity index (χ0v) is 48.2. The predicted molar refractivity (Wildman–Crippen MR) is 358 cm³/mol. The van der Waals surface area contributed by atoms with Crippen LogP contribution >= 0.6 is 23.1 Å². The molecule has 404 valence electrons. The Balaban J connectivity index is 0.886. The summed E-state index contributed by atoms with van der Waals surface area (Å²) >= 11 is 3.85. The zero-order chi connectivity index (χ0) is 55.7. The van der Waals surface area contributed by atoms with Gasteiger partial charge in [0.1, 0.15) is 11.2 Å². The number of rotatable bonds is 8. The van der Waals surface area contributed by atoms with E-state index in [-0.39, 0.29) is 6.04 Å². The Hall–Kier alpha value is -9.59. The van der Waals surface area contributed by atoms with Crippen molar-refractivity contribution in [2.75, 3.05) is 9.80 Å². The fourth-order valence-electron chi connectivity index (χ4n) is 15.1. The summed E-state index contributed by atoms with van der Waals surface area (Å²) in [6, 6.07) is 100. The van der Waals surface area contributed by atoms with Gasteiger partial charge in [-0.25, -0.2) is 0 Å². The lowest BCUT2D eigenvalue weighted by Crippen LogP contribution is -2.34. The van der Waals surface area contributed by atoms with Crippen LogP contribution in [0.25, 0.3) is 91.9 Å². The lowest BCUT2D eigenvalue weighted by Gasteiger charge is -2.41. The van der Waals surface area contributed by atoms with Gasteiger partial charge in [0.2, 0.25) is 0 Å². The molecule has 1 fully saturated rings. The molecule has 0 bridgehead atoms. The number of hydrogen-bond acceptors (Lipinski definition) is 5. The highest BCUT2D eigenvalue weighted by atomic mass is 32.2. The maximum Gasteiger partial charge on any atom is 0.137 e. The SMILES string of the molecule is c1ccc(N(c2ccc3c(c2)oc2ccccc23)c2ccc3c(c2)sc2c(N(c4ccc5c(c4)C4(c6ccccc6Sc6ccccc64)c4ccccc4-5)C4CCCCC4)cc(-c4ccc5c6ccccc6n(-c6ccccc6)c5c4)cc23)cc1. The normalized spacial score (nSPS) is 14.4. The van der Waals surface area contributed by atoms with Crippen molar-refractivity contribution in [2.24, 2.45) is 0 Å². The van der Waals surface area contributed by atoms with E-state index in [1.54, 1.807) is 0 Å². The number of thiophene rings is 1. The van der Waals surface area contributed by atoms with Crippen molar-refractivity contribution in [3.63, 3.8) is 0 Å². The third kappa shape index (κ3) is 7.41.